The first-order valence-electron chi connectivity index (χ1n) is 7.80. The van der Waals surface area contributed by atoms with Crippen molar-refractivity contribution in [2.45, 2.75) is 32.1 Å². The number of aryl methyl sites for hydroxylation is 2. The first-order chi connectivity index (χ1) is 11.1. The fraction of sp³-hybridized carbons (Fsp3) is 0.389. The molecule has 0 spiro atoms. The van der Waals surface area contributed by atoms with E-state index in [1.54, 1.807) is 40.5 Å². The summed E-state index contributed by atoms with van der Waals surface area (Å²) in [6.07, 6.45) is 3.34. The molecule has 2 aromatic rings. The predicted molar refractivity (Wildman–Crippen MR) is 90.6 cm³/mol. The number of carbonyl (C=O) groups excluding carboxylic acids is 1. The number of thiazole rings is 1. The molecule has 1 heterocycles. The molecule has 1 aromatic carbocycles. The Balaban J connectivity index is 1.75. The van der Waals surface area contributed by atoms with Gasteiger partial charge in [-0.15, -0.1) is 11.3 Å². The van der Waals surface area contributed by atoms with E-state index >= 15 is 0 Å². The number of nitriles is 1. The molecule has 0 unspecified atom stereocenters. The Kier molecular flexibility index (Phi) is 4.44. The molecule has 0 saturated heterocycles. The van der Waals surface area contributed by atoms with E-state index in [9.17, 15) is 4.79 Å². The van der Waals surface area contributed by atoms with Crippen molar-refractivity contribution >= 4 is 17.2 Å². The van der Waals surface area contributed by atoms with Crippen molar-refractivity contribution in [3.05, 3.63) is 51.0 Å². The van der Waals surface area contributed by atoms with Crippen LogP contribution < -0.4 is 0 Å². The zero-order chi connectivity index (χ0) is 16.4. The molecule has 1 amide bonds. The van der Waals surface area contributed by atoms with Crippen molar-refractivity contribution in [1.82, 2.24) is 9.88 Å². The molecule has 23 heavy (non-hydrogen) atoms. The summed E-state index contributed by atoms with van der Waals surface area (Å²) in [6, 6.07) is 8.96. The van der Waals surface area contributed by atoms with E-state index in [2.05, 4.69) is 11.1 Å². The highest BCUT2D eigenvalue weighted by atomic mass is 32.1. The van der Waals surface area contributed by atoms with Gasteiger partial charge in [0.05, 0.1) is 22.3 Å². The fourth-order valence-electron chi connectivity index (χ4n) is 3.16. The van der Waals surface area contributed by atoms with Gasteiger partial charge < -0.3 is 4.90 Å². The minimum Gasteiger partial charge on any atom is -0.341 e. The van der Waals surface area contributed by atoms with Gasteiger partial charge in [-0.2, -0.15) is 5.26 Å². The van der Waals surface area contributed by atoms with Crippen LogP contribution in [0.3, 0.4) is 0 Å². The maximum Gasteiger partial charge on any atom is 0.253 e. The average molecular weight is 325 g/mol. The molecule has 0 N–H and O–H groups in total. The molecule has 0 radical (unpaired) electrons. The number of hydrogen-bond donors (Lipinski definition) is 0. The van der Waals surface area contributed by atoms with Gasteiger partial charge in [0, 0.05) is 30.0 Å². The maximum absolute atomic E-state index is 12.6. The highest BCUT2D eigenvalue weighted by molar-refractivity contribution is 7.11. The van der Waals surface area contributed by atoms with Crippen LogP contribution in [0.1, 0.15) is 50.3 Å². The molecule has 1 aromatic heterocycles. The predicted octanol–water partition coefficient (Wildman–Crippen LogP) is 3.52. The molecular formula is C18H19N3OS. The zero-order valence-electron chi connectivity index (χ0n) is 13.4. The van der Waals surface area contributed by atoms with E-state index in [-0.39, 0.29) is 5.91 Å². The fourth-order valence-corrected chi connectivity index (χ4v) is 4.23. The largest absolute Gasteiger partial charge is 0.341 e. The van der Waals surface area contributed by atoms with Gasteiger partial charge in [-0.3, -0.25) is 4.79 Å². The summed E-state index contributed by atoms with van der Waals surface area (Å²) in [5.41, 5.74) is 2.26. The highest BCUT2D eigenvalue weighted by Gasteiger charge is 2.26. The van der Waals surface area contributed by atoms with Crippen molar-refractivity contribution in [2.24, 2.45) is 0 Å². The monoisotopic (exact) mass is 325 g/mol. The highest BCUT2D eigenvalue weighted by Crippen LogP contribution is 2.35. The van der Waals surface area contributed by atoms with Gasteiger partial charge in [-0.05, 0) is 44.4 Å². The Morgan fingerprint density at radius 1 is 1.52 bits per heavy atom. The maximum atomic E-state index is 12.6. The van der Waals surface area contributed by atoms with Crippen LogP contribution in [0, 0.1) is 18.3 Å². The second-order valence-electron chi connectivity index (χ2n) is 6.01. The van der Waals surface area contributed by atoms with Gasteiger partial charge in [0.1, 0.15) is 0 Å². The summed E-state index contributed by atoms with van der Waals surface area (Å²) in [6.45, 7) is 2.72. The standard InChI is InChI=1S/C18H19N3OS/c1-12-20-17-15(7-4-8-16(17)23-12)11-21(2)18(22)14-6-3-5-13(9-14)10-19/h3,5-6,9,15H,4,7-8,11H2,1-2H3/t15-/m0/s1. The Hall–Kier alpha value is -2.19. The lowest BCUT2D eigenvalue weighted by atomic mass is 9.90. The molecule has 0 fully saturated rings. The number of hydrogen-bond acceptors (Lipinski definition) is 4. The number of likely N-dealkylation sites (N-methyl/N-ethyl adjacent to an activating group) is 1. The Bertz CT molecular complexity index is 775. The van der Waals surface area contributed by atoms with E-state index in [4.69, 9.17) is 5.26 Å². The summed E-state index contributed by atoms with van der Waals surface area (Å²) < 4.78 is 0. The minimum absolute atomic E-state index is 0.0406. The third-order valence-electron chi connectivity index (χ3n) is 4.26. The summed E-state index contributed by atoms with van der Waals surface area (Å²) >= 11 is 1.78. The van der Waals surface area contributed by atoms with Crippen LogP contribution >= 0.6 is 11.3 Å². The Labute approximate surface area is 140 Å². The van der Waals surface area contributed by atoms with Crippen molar-refractivity contribution in [3.8, 4) is 6.07 Å². The van der Waals surface area contributed by atoms with Gasteiger partial charge in [0.25, 0.3) is 5.91 Å². The second-order valence-corrected chi connectivity index (χ2v) is 7.30. The van der Waals surface area contributed by atoms with Crippen molar-refractivity contribution < 1.29 is 4.79 Å². The minimum atomic E-state index is -0.0406. The number of carbonyl (C=O) groups is 1. The normalized spacial score (nSPS) is 16.5. The summed E-state index contributed by atoms with van der Waals surface area (Å²) in [4.78, 5) is 20.4. The number of fused-ring (bicyclic) bond motifs is 1. The SMILES string of the molecule is Cc1nc2c(s1)CCC[C@H]2CN(C)C(=O)c1cccc(C#N)c1. The third-order valence-corrected chi connectivity index (χ3v) is 5.30. The van der Waals surface area contributed by atoms with E-state index in [0.717, 1.165) is 24.3 Å². The topological polar surface area (TPSA) is 57.0 Å². The molecule has 1 aliphatic rings. The Morgan fingerprint density at radius 2 is 2.35 bits per heavy atom. The summed E-state index contributed by atoms with van der Waals surface area (Å²) in [7, 11) is 1.83. The second kappa shape index (κ2) is 6.51. The van der Waals surface area contributed by atoms with Crippen LogP contribution in [-0.2, 0) is 6.42 Å². The lowest BCUT2D eigenvalue weighted by Crippen LogP contribution is -2.32. The van der Waals surface area contributed by atoms with Crippen LogP contribution in [-0.4, -0.2) is 29.4 Å². The first-order valence-corrected chi connectivity index (χ1v) is 8.62. The quantitative estimate of drug-likeness (QED) is 0.867. The van der Waals surface area contributed by atoms with Crippen LogP contribution in [0.4, 0.5) is 0 Å². The van der Waals surface area contributed by atoms with Crippen molar-refractivity contribution in [1.29, 1.82) is 5.26 Å². The van der Waals surface area contributed by atoms with Crippen LogP contribution in [0.5, 0.6) is 0 Å². The molecular weight excluding hydrogens is 306 g/mol. The van der Waals surface area contributed by atoms with Crippen LogP contribution in [0.25, 0.3) is 0 Å². The number of rotatable bonds is 3. The lowest BCUT2D eigenvalue weighted by Gasteiger charge is -2.26. The van der Waals surface area contributed by atoms with Gasteiger partial charge in [0.15, 0.2) is 0 Å². The molecule has 0 saturated carbocycles. The molecule has 1 aliphatic carbocycles. The van der Waals surface area contributed by atoms with Gasteiger partial charge in [-0.25, -0.2) is 4.98 Å². The number of nitrogens with zero attached hydrogens (tertiary/aromatic N) is 3. The van der Waals surface area contributed by atoms with E-state index < -0.39 is 0 Å². The molecule has 1 atom stereocenters. The van der Waals surface area contributed by atoms with Gasteiger partial charge in [-0.1, -0.05) is 6.07 Å². The smallest absolute Gasteiger partial charge is 0.253 e. The van der Waals surface area contributed by atoms with Gasteiger partial charge in [0.2, 0.25) is 0 Å². The molecule has 118 valence electrons. The zero-order valence-corrected chi connectivity index (χ0v) is 14.2. The number of amides is 1. The van der Waals surface area contributed by atoms with Crippen molar-refractivity contribution in [3.63, 3.8) is 0 Å². The Morgan fingerprint density at radius 3 is 3.13 bits per heavy atom. The van der Waals surface area contributed by atoms with Gasteiger partial charge >= 0.3 is 0 Å². The van der Waals surface area contributed by atoms with E-state index in [1.165, 1.54) is 10.6 Å². The van der Waals surface area contributed by atoms with Crippen LogP contribution in [0.15, 0.2) is 24.3 Å². The van der Waals surface area contributed by atoms with Crippen molar-refractivity contribution in [2.75, 3.05) is 13.6 Å². The number of aromatic nitrogens is 1. The first kappa shape index (κ1) is 15.7. The summed E-state index contributed by atoms with van der Waals surface area (Å²) in [5.74, 6) is 0.276. The lowest BCUT2D eigenvalue weighted by molar-refractivity contribution is 0.0783. The third kappa shape index (κ3) is 3.27. The molecule has 0 bridgehead atoms. The number of benzene rings is 1. The molecule has 4 nitrogen and oxygen atoms in total. The van der Waals surface area contributed by atoms with Crippen LogP contribution in [0.2, 0.25) is 0 Å². The molecule has 3 rings (SSSR count). The summed E-state index contributed by atoms with van der Waals surface area (Å²) in [5, 5.41) is 10.1. The van der Waals surface area contributed by atoms with E-state index in [1.807, 2.05) is 14.0 Å². The van der Waals surface area contributed by atoms with E-state index in [0.29, 0.717) is 23.6 Å². The average Bonchev–Trinajstić information content (AvgIpc) is 2.95. The molecule has 5 heteroatoms. The molecule has 0 aliphatic heterocycles.